The predicted octanol–water partition coefficient (Wildman–Crippen LogP) is 4.97. The molecule has 0 atom stereocenters. The van der Waals surface area contributed by atoms with Gasteiger partial charge in [-0.15, -0.1) is 0 Å². The van der Waals surface area contributed by atoms with E-state index in [1.54, 1.807) is 18.1 Å². The molecule has 0 unspecified atom stereocenters. The molecule has 0 aliphatic rings. The molecule has 1 heterocycles. The highest BCUT2D eigenvalue weighted by Gasteiger charge is 2.09. The van der Waals surface area contributed by atoms with Gasteiger partial charge >= 0.3 is 0 Å². The van der Waals surface area contributed by atoms with Crippen LogP contribution in [0.4, 0.5) is 5.82 Å². The minimum atomic E-state index is 0.844. The second-order valence-electron chi connectivity index (χ2n) is 3.82. The van der Waals surface area contributed by atoms with Crippen LogP contribution < -0.4 is 5.32 Å². The molecule has 19 heavy (non-hydrogen) atoms. The standard InChI is InChI=1S/C13H13Br2N3S/c1-2-7-16-12-11(15)13(18-8-17-12)19-10-5-3-9(14)4-6-10/h3-6,8H,2,7H2,1H3,(H,16,17,18). The van der Waals surface area contributed by atoms with Crippen LogP contribution in [0, 0.1) is 0 Å². The van der Waals surface area contributed by atoms with E-state index in [1.165, 1.54) is 0 Å². The lowest BCUT2D eigenvalue weighted by atomic mass is 10.4. The van der Waals surface area contributed by atoms with Gasteiger partial charge in [0.2, 0.25) is 0 Å². The minimum Gasteiger partial charge on any atom is -0.369 e. The maximum absolute atomic E-state index is 4.32. The third kappa shape index (κ3) is 4.19. The lowest BCUT2D eigenvalue weighted by molar-refractivity contribution is 0.946. The normalized spacial score (nSPS) is 10.5. The van der Waals surface area contributed by atoms with E-state index in [0.29, 0.717) is 0 Å². The van der Waals surface area contributed by atoms with Crippen molar-refractivity contribution >= 4 is 49.4 Å². The Balaban J connectivity index is 2.18. The van der Waals surface area contributed by atoms with Crippen molar-refractivity contribution in [2.75, 3.05) is 11.9 Å². The molecular formula is C13H13Br2N3S. The van der Waals surface area contributed by atoms with E-state index in [-0.39, 0.29) is 0 Å². The molecule has 0 bridgehead atoms. The summed E-state index contributed by atoms with van der Waals surface area (Å²) >= 11 is 8.61. The first kappa shape index (κ1) is 14.8. The molecule has 0 aliphatic carbocycles. The van der Waals surface area contributed by atoms with Gasteiger partial charge in [-0.1, -0.05) is 34.6 Å². The number of nitrogens with one attached hydrogen (secondary N) is 1. The van der Waals surface area contributed by atoms with Crippen molar-refractivity contribution in [1.82, 2.24) is 9.97 Å². The van der Waals surface area contributed by atoms with Crippen LogP contribution in [0.1, 0.15) is 13.3 Å². The van der Waals surface area contributed by atoms with Gasteiger partial charge in [-0.05, 0) is 46.6 Å². The molecule has 0 fully saturated rings. The summed E-state index contributed by atoms with van der Waals surface area (Å²) in [4.78, 5) is 9.70. The van der Waals surface area contributed by atoms with E-state index in [4.69, 9.17) is 0 Å². The fourth-order valence-electron chi connectivity index (χ4n) is 1.41. The zero-order valence-electron chi connectivity index (χ0n) is 10.4. The first-order chi connectivity index (χ1) is 9.20. The molecule has 0 radical (unpaired) electrons. The molecule has 2 rings (SSSR count). The molecule has 100 valence electrons. The molecule has 3 nitrogen and oxygen atoms in total. The molecule has 2 aromatic rings. The number of hydrogen-bond donors (Lipinski definition) is 1. The van der Waals surface area contributed by atoms with Gasteiger partial charge in [0.15, 0.2) is 0 Å². The molecule has 0 amide bonds. The molecular weight excluding hydrogens is 390 g/mol. The Morgan fingerprint density at radius 1 is 1.16 bits per heavy atom. The van der Waals surface area contributed by atoms with Crippen LogP contribution in [0.3, 0.4) is 0 Å². The molecule has 6 heteroatoms. The van der Waals surface area contributed by atoms with Crippen LogP contribution in [0.2, 0.25) is 0 Å². The molecule has 0 saturated heterocycles. The zero-order chi connectivity index (χ0) is 13.7. The Bertz CT molecular complexity index is 546. The van der Waals surface area contributed by atoms with Crippen molar-refractivity contribution in [3.63, 3.8) is 0 Å². The van der Waals surface area contributed by atoms with Crippen molar-refractivity contribution in [3.05, 3.63) is 39.5 Å². The summed E-state index contributed by atoms with van der Waals surface area (Å²) in [6.45, 7) is 3.03. The monoisotopic (exact) mass is 401 g/mol. The van der Waals surface area contributed by atoms with E-state index in [0.717, 1.165) is 37.7 Å². The fourth-order valence-corrected chi connectivity index (χ4v) is 3.04. The second kappa shape index (κ2) is 7.26. The summed E-state index contributed by atoms with van der Waals surface area (Å²) in [5.74, 6) is 0.844. The van der Waals surface area contributed by atoms with Gasteiger partial charge in [-0.2, -0.15) is 0 Å². The van der Waals surface area contributed by atoms with Crippen LogP contribution in [0.25, 0.3) is 0 Å². The average molecular weight is 403 g/mol. The Morgan fingerprint density at radius 2 is 1.89 bits per heavy atom. The molecule has 0 spiro atoms. The van der Waals surface area contributed by atoms with Crippen molar-refractivity contribution in [2.24, 2.45) is 0 Å². The van der Waals surface area contributed by atoms with Crippen LogP contribution in [-0.2, 0) is 0 Å². The summed E-state index contributed by atoms with van der Waals surface area (Å²) in [6, 6.07) is 8.16. The Labute approximate surface area is 133 Å². The van der Waals surface area contributed by atoms with Crippen LogP contribution in [0.15, 0.2) is 49.5 Å². The van der Waals surface area contributed by atoms with Gasteiger partial charge in [0.1, 0.15) is 17.2 Å². The highest BCUT2D eigenvalue weighted by molar-refractivity contribution is 9.10. The van der Waals surface area contributed by atoms with Gasteiger partial charge < -0.3 is 5.32 Å². The van der Waals surface area contributed by atoms with Crippen LogP contribution >= 0.6 is 43.6 Å². The van der Waals surface area contributed by atoms with Gasteiger partial charge in [0.25, 0.3) is 0 Å². The van der Waals surface area contributed by atoms with Gasteiger partial charge in [0, 0.05) is 15.9 Å². The van der Waals surface area contributed by atoms with Crippen molar-refractivity contribution in [2.45, 2.75) is 23.3 Å². The number of nitrogens with zero attached hydrogens (tertiary/aromatic N) is 2. The number of hydrogen-bond acceptors (Lipinski definition) is 4. The Kier molecular flexibility index (Phi) is 5.66. The van der Waals surface area contributed by atoms with E-state index in [2.05, 4.69) is 66.2 Å². The third-order valence-corrected chi connectivity index (χ3v) is 4.88. The lowest BCUT2D eigenvalue weighted by Crippen LogP contribution is -2.03. The Hall–Kier alpha value is -0.590. The van der Waals surface area contributed by atoms with Crippen LogP contribution in [0.5, 0.6) is 0 Å². The average Bonchev–Trinajstić information content (AvgIpc) is 2.42. The molecule has 1 aromatic heterocycles. The first-order valence-electron chi connectivity index (χ1n) is 5.88. The topological polar surface area (TPSA) is 37.8 Å². The number of rotatable bonds is 5. The summed E-state index contributed by atoms with van der Waals surface area (Å²) in [5, 5.41) is 4.19. The summed E-state index contributed by atoms with van der Waals surface area (Å²) < 4.78 is 1.99. The van der Waals surface area contributed by atoms with Gasteiger partial charge in [-0.3, -0.25) is 0 Å². The SMILES string of the molecule is CCCNc1ncnc(Sc2ccc(Br)cc2)c1Br. The third-order valence-electron chi connectivity index (χ3n) is 2.33. The second-order valence-corrected chi connectivity index (χ2v) is 6.60. The molecule has 1 aromatic carbocycles. The lowest BCUT2D eigenvalue weighted by Gasteiger charge is -2.09. The summed E-state index contributed by atoms with van der Waals surface area (Å²) in [7, 11) is 0. The highest BCUT2D eigenvalue weighted by Crippen LogP contribution is 2.35. The van der Waals surface area contributed by atoms with Crippen molar-refractivity contribution < 1.29 is 0 Å². The number of aromatic nitrogens is 2. The van der Waals surface area contributed by atoms with Gasteiger partial charge in [-0.25, -0.2) is 9.97 Å². The quantitative estimate of drug-likeness (QED) is 0.716. The minimum absolute atomic E-state index is 0.844. The van der Waals surface area contributed by atoms with E-state index in [1.807, 2.05) is 12.1 Å². The number of anilines is 1. The van der Waals surface area contributed by atoms with Crippen molar-refractivity contribution in [3.8, 4) is 0 Å². The zero-order valence-corrected chi connectivity index (χ0v) is 14.3. The maximum Gasteiger partial charge on any atom is 0.144 e. The van der Waals surface area contributed by atoms with E-state index >= 15 is 0 Å². The number of benzene rings is 1. The summed E-state index contributed by atoms with van der Waals surface area (Å²) in [5.41, 5.74) is 0. The van der Waals surface area contributed by atoms with Gasteiger partial charge in [0.05, 0.1) is 4.47 Å². The molecule has 0 saturated carbocycles. The smallest absolute Gasteiger partial charge is 0.144 e. The predicted molar refractivity (Wildman–Crippen MR) is 86.8 cm³/mol. The fraction of sp³-hybridized carbons (Fsp3) is 0.231. The maximum atomic E-state index is 4.32. The highest BCUT2D eigenvalue weighted by atomic mass is 79.9. The van der Waals surface area contributed by atoms with E-state index in [9.17, 15) is 0 Å². The molecule has 0 aliphatic heterocycles. The van der Waals surface area contributed by atoms with Crippen molar-refractivity contribution in [1.29, 1.82) is 0 Å². The number of halogens is 2. The van der Waals surface area contributed by atoms with E-state index < -0.39 is 0 Å². The largest absolute Gasteiger partial charge is 0.369 e. The molecule has 1 N–H and O–H groups in total. The first-order valence-corrected chi connectivity index (χ1v) is 8.28. The van der Waals surface area contributed by atoms with Crippen LogP contribution in [-0.4, -0.2) is 16.5 Å². The Morgan fingerprint density at radius 3 is 2.58 bits per heavy atom. The summed E-state index contributed by atoms with van der Waals surface area (Å²) in [6.07, 6.45) is 2.65.